The molecule has 0 aliphatic rings. The Balaban J connectivity index is 4.31. The molecule has 1 atom stereocenters. The first-order valence-corrected chi connectivity index (χ1v) is 6.84. The van der Waals surface area contributed by atoms with E-state index in [0.717, 1.165) is 32.1 Å². The van der Waals surface area contributed by atoms with Gasteiger partial charge in [0.05, 0.1) is 0 Å². The first-order valence-electron chi connectivity index (χ1n) is 6.84. The Morgan fingerprint density at radius 3 is 2.24 bits per heavy atom. The molecule has 0 saturated heterocycles. The van der Waals surface area contributed by atoms with Crippen molar-refractivity contribution in [2.45, 2.75) is 66.7 Å². The van der Waals surface area contributed by atoms with Crippen LogP contribution in [-0.2, 0) is 4.79 Å². The quantitative estimate of drug-likeness (QED) is 0.537. The van der Waals surface area contributed by atoms with Crippen LogP contribution in [0.2, 0.25) is 0 Å². The molecular weight excluding hydrogens is 208 g/mol. The van der Waals surface area contributed by atoms with Gasteiger partial charge >= 0.3 is 0 Å². The first kappa shape index (κ1) is 16.1. The third-order valence-electron chi connectivity index (χ3n) is 2.93. The fraction of sp³-hybridized carbons (Fsp3) is 0.688. The molecule has 0 aromatic rings. The van der Waals surface area contributed by atoms with Crippen molar-refractivity contribution in [3.8, 4) is 0 Å². The van der Waals surface area contributed by atoms with E-state index in [1.807, 2.05) is 0 Å². The van der Waals surface area contributed by atoms with Crippen LogP contribution in [0.25, 0.3) is 0 Å². The van der Waals surface area contributed by atoms with Crippen molar-refractivity contribution in [1.29, 1.82) is 0 Å². The highest BCUT2D eigenvalue weighted by Crippen LogP contribution is 2.15. The Morgan fingerprint density at radius 1 is 1.12 bits per heavy atom. The molecular formula is C16H28O. The molecule has 0 aromatic heterocycles. The van der Waals surface area contributed by atoms with E-state index in [1.165, 1.54) is 11.1 Å². The topological polar surface area (TPSA) is 17.1 Å². The van der Waals surface area contributed by atoms with Gasteiger partial charge in [0.25, 0.3) is 0 Å². The van der Waals surface area contributed by atoms with Crippen LogP contribution in [0.4, 0.5) is 0 Å². The van der Waals surface area contributed by atoms with Gasteiger partial charge in [0, 0.05) is 12.3 Å². The molecule has 1 heteroatoms. The third kappa shape index (κ3) is 7.95. The first-order chi connectivity index (χ1) is 8.01. The van der Waals surface area contributed by atoms with Gasteiger partial charge in [-0.15, -0.1) is 0 Å². The molecule has 17 heavy (non-hydrogen) atoms. The Labute approximate surface area is 107 Å². The van der Waals surface area contributed by atoms with Crippen LogP contribution < -0.4 is 0 Å². The normalized spacial score (nSPS) is 13.4. The zero-order chi connectivity index (χ0) is 13.3. The molecule has 0 bridgehead atoms. The Kier molecular flexibility index (Phi) is 8.75. The molecule has 0 aromatic carbocycles. The van der Waals surface area contributed by atoms with Crippen molar-refractivity contribution in [2.75, 3.05) is 0 Å². The molecule has 0 spiro atoms. The summed E-state index contributed by atoms with van der Waals surface area (Å²) < 4.78 is 0. The molecule has 1 unspecified atom stereocenters. The Bertz CT molecular complexity index is 280. The zero-order valence-electron chi connectivity index (χ0n) is 12.2. The number of allylic oxidation sites excluding steroid dienone is 4. The largest absolute Gasteiger partial charge is 0.299 e. The monoisotopic (exact) mass is 236 g/mol. The number of hydrogen-bond donors (Lipinski definition) is 0. The maximum atomic E-state index is 11.8. The van der Waals surface area contributed by atoms with Crippen molar-refractivity contribution in [2.24, 2.45) is 5.92 Å². The molecule has 0 fully saturated rings. The highest BCUT2D eigenvalue weighted by molar-refractivity contribution is 5.82. The van der Waals surface area contributed by atoms with Crippen LogP contribution in [-0.4, -0.2) is 5.78 Å². The minimum absolute atomic E-state index is 0.140. The second kappa shape index (κ2) is 9.21. The SMILES string of the molecule is CCCC(=O)C(/C=C(/C)CCC=C(C)C)CC. The summed E-state index contributed by atoms with van der Waals surface area (Å²) in [6.45, 7) is 10.5. The van der Waals surface area contributed by atoms with E-state index in [-0.39, 0.29) is 5.92 Å². The summed E-state index contributed by atoms with van der Waals surface area (Å²) in [6, 6.07) is 0. The minimum Gasteiger partial charge on any atom is -0.299 e. The van der Waals surface area contributed by atoms with Gasteiger partial charge < -0.3 is 0 Å². The summed E-state index contributed by atoms with van der Waals surface area (Å²) in [6.07, 6.45) is 9.20. The van der Waals surface area contributed by atoms with Gasteiger partial charge in [0.1, 0.15) is 5.78 Å². The molecule has 0 aliphatic heterocycles. The highest BCUT2D eigenvalue weighted by Gasteiger charge is 2.12. The highest BCUT2D eigenvalue weighted by atomic mass is 16.1. The number of rotatable bonds is 8. The number of carbonyl (C=O) groups is 1. The molecule has 1 nitrogen and oxygen atoms in total. The average Bonchev–Trinajstić information content (AvgIpc) is 2.25. The number of hydrogen-bond acceptors (Lipinski definition) is 1. The van der Waals surface area contributed by atoms with Crippen LogP contribution in [0.1, 0.15) is 66.7 Å². The molecule has 98 valence electrons. The summed E-state index contributed by atoms with van der Waals surface area (Å²) >= 11 is 0. The minimum atomic E-state index is 0.140. The van der Waals surface area contributed by atoms with E-state index in [4.69, 9.17) is 0 Å². The standard InChI is InChI=1S/C16H28O/c1-6-9-16(17)15(7-2)12-14(5)11-8-10-13(3)4/h10,12,15H,6-9,11H2,1-5H3/b14-12-. The van der Waals surface area contributed by atoms with Crippen LogP contribution in [0, 0.1) is 5.92 Å². The molecule has 0 aliphatic carbocycles. The summed E-state index contributed by atoms with van der Waals surface area (Å²) in [7, 11) is 0. The van der Waals surface area contributed by atoms with Gasteiger partial charge in [0.15, 0.2) is 0 Å². The van der Waals surface area contributed by atoms with E-state index >= 15 is 0 Å². The predicted octanol–water partition coefficient (Wildman–Crippen LogP) is 5.07. The lowest BCUT2D eigenvalue weighted by Gasteiger charge is -2.10. The Hall–Kier alpha value is -0.850. The smallest absolute Gasteiger partial charge is 0.139 e. The summed E-state index contributed by atoms with van der Waals surface area (Å²) in [5.41, 5.74) is 2.71. The number of Topliss-reactive ketones (excluding diaryl/α,β-unsaturated/α-hetero) is 1. The fourth-order valence-corrected chi connectivity index (χ4v) is 1.89. The van der Waals surface area contributed by atoms with Gasteiger partial charge in [-0.2, -0.15) is 0 Å². The summed E-state index contributed by atoms with van der Waals surface area (Å²) in [5.74, 6) is 0.540. The van der Waals surface area contributed by atoms with Crippen LogP contribution in [0.5, 0.6) is 0 Å². The van der Waals surface area contributed by atoms with Gasteiger partial charge in [-0.25, -0.2) is 0 Å². The van der Waals surface area contributed by atoms with E-state index < -0.39 is 0 Å². The lowest BCUT2D eigenvalue weighted by molar-refractivity contribution is -0.121. The van der Waals surface area contributed by atoms with Crippen molar-refractivity contribution < 1.29 is 4.79 Å². The van der Waals surface area contributed by atoms with Gasteiger partial charge in [-0.3, -0.25) is 4.79 Å². The molecule has 0 radical (unpaired) electrons. The molecule has 0 saturated carbocycles. The Morgan fingerprint density at radius 2 is 1.76 bits per heavy atom. The maximum Gasteiger partial charge on any atom is 0.139 e. The van der Waals surface area contributed by atoms with E-state index in [2.05, 4.69) is 46.8 Å². The number of ketones is 1. The maximum absolute atomic E-state index is 11.8. The van der Waals surface area contributed by atoms with E-state index in [1.54, 1.807) is 0 Å². The summed E-state index contributed by atoms with van der Waals surface area (Å²) in [4.78, 5) is 11.8. The van der Waals surface area contributed by atoms with Crippen LogP contribution in [0.3, 0.4) is 0 Å². The van der Waals surface area contributed by atoms with Crippen molar-refractivity contribution >= 4 is 5.78 Å². The second-order valence-electron chi connectivity index (χ2n) is 5.06. The predicted molar refractivity (Wildman–Crippen MR) is 76.1 cm³/mol. The zero-order valence-corrected chi connectivity index (χ0v) is 12.2. The molecule has 0 N–H and O–H groups in total. The van der Waals surface area contributed by atoms with Crippen molar-refractivity contribution in [3.05, 3.63) is 23.3 Å². The van der Waals surface area contributed by atoms with Crippen molar-refractivity contribution in [1.82, 2.24) is 0 Å². The average molecular weight is 236 g/mol. The van der Waals surface area contributed by atoms with Gasteiger partial charge in [0.2, 0.25) is 0 Å². The lowest BCUT2D eigenvalue weighted by Crippen LogP contribution is -2.11. The fourth-order valence-electron chi connectivity index (χ4n) is 1.89. The third-order valence-corrected chi connectivity index (χ3v) is 2.93. The van der Waals surface area contributed by atoms with Crippen LogP contribution >= 0.6 is 0 Å². The summed E-state index contributed by atoms with van der Waals surface area (Å²) in [5, 5.41) is 0. The number of carbonyl (C=O) groups excluding carboxylic acids is 1. The molecule has 0 amide bonds. The van der Waals surface area contributed by atoms with E-state index in [0.29, 0.717) is 5.78 Å². The van der Waals surface area contributed by atoms with Crippen molar-refractivity contribution in [3.63, 3.8) is 0 Å². The lowest BCUT2D eigenvalue weighted by atomic mass is 9.94. The molecule has 0 heterocycles. The van der Waals surface area contributed by atoms with E-state index in [9.17, 15) is 4.79 Å². The molecule has 0 rings (SSSR count). The van der Waals surface area contributed by atoms with Crippen LogP contribution in [0.15, 0.2) is 23.3 Å². The second-order valence-corrected chi connectivity index (χ2v) is 5.06. The van der Waals surface area contributed by atoms with Gasteiger partial charge in [-0.1, -0.05) is 37.1 Å². The van der Waals surface area contributed by atoms with Gasteiger partial charge in [-0.05, 0) is 46.5 Å².